The van der Waals surface area contributed by atoms with Crippen molar-refractivity contribution < 1.29 is 17.4 Å². The molecule has 0 fully saturated rings. The van der Waals surface area contributed by atoms with Crippen LogP contribution in [-0.4, -0.2) is 29.7 Å². The summed E-state index contributed by atoms with van der Waals surface area (Å²) in [6, 6.07) is 12.0. The Hall–Kier alpha value is -3.40. The highest BCUT2D eigenvalue weighted by Crippen LogP contribution is 2.32. The summed E-state index contributed by atoms with van der Waals surface area (Å²) in [4.78, 5) is 16.7. The summed E-state index contributed by atoms with van der Waals surface area (Å²) in [5, 5.41) is 3.86. The zero-order chi connectivity index (χ0) is 21.6. The molecular formula is C21H20N4O5S. The standard InChI is InChI=1S/C21H20N4O5S/c1-2-20-22-19(23-30-20)13-24-17-10-9-15(12-18(17)29-21(24)26)31(27,28)25-11-5-7-14-6-3-4-8-16(14)25/h3-4,6,8-10,12H,2,5,7,11,13H2,1H3. The van der Waals surface area contributed by atoms with Gasteiger partial charge in [-0.1, -0.05) is 30.3 Å². The van der Waals surface area contributed by atoms with Gasteiger partial charge < -0.3 is 8.94 Å². The fourth-order valence-corrected chi connectivity index (χ4v) is 5.43. The Morgan fingerprint density at radius 3 is 2.81 bits per heavy atom. The van der Waals surface area contributed by atoms with Gasteiger partial charge in [0, 0.05) is 19.0 Å². The van der Waals surface area contributed by atoms with E-state index in [0.29, 0.717) is 35.9 Å². The van der Waals surface area contributed by atoms with Crippen LogP contribution >= 0.6 is 0 Å². The number of sulfonamides is 1. The van der Waals surface area contributed by atoms with Gasteiger partial charge in [0.15, 0.2) is 11.4 Å². The minimum atomic E-state index is -3.81. The topological polar surface area (TPSA) is 111 Å². The van der Waals surface area contributed by atoms with Crippen LogP contribution in [0.2, 0.25) is 0 Å². The van der Waals surface area contributed by atoms with Gasteiger partial charge in [-0.25, -0.2) is 13.2 Å². The van der Waals surface area contributed by atoms with Crippen molar-refractivity contribution >= 4 is 26.8 Å². The second-order valence-corrected chi connectivity index (χ2v) is 9.21. The van der Waals surface area contributed by atoms with Gasteiger partial charge in [-0.15, -0.1) is 0 Å². The number of aryl methyl sites for hydroxylation is 2. The number of nitrogens with zero attached hydrogens (tertiary/aromatic N) is 4. The lowest BCUT2D eigenvalue weighted by molar-refractivity contribution is 0.375. The zero-order valence-corrected chi connectivity index (χ0v) is 17.6. The van der Waals surface area contributed by atoms with E-state index in [-0.39, 0.29) is 17.0 Å². The maximum Gasteiger partial charge on any atom is 0.420 e. The van der Waals surface area contributed by atoms with Crippen LogP contribution in [-0.2, 0) is 29.4 Å². The van der Waals surface area contributed by atoms with Gasteiger partial charge in [-0.05, 0) is 36.6 Å². The van der Waals surface area contributed by atoms with Crippen LogP contribution < -0.4 is 10.1 Å². The molecule has 9 nitrogen and oxygen atoms in total. The van der Waals surface area contributed by atoms with E-state index in [1.54, 1.807) is 6.07 Å². The summed E-state index contributed by atoms with van der Waals surface area (Å²) in [6.45, 7) is 2.36. The van der Waals surface area contributed by atoms with Gasteiger partial charge in [-0.3, -0.25) is 8.87 Å². The lowest BCUT2D eigenvalue weighted by Crippen LogP contribution is -2.35. The van der Waals surface area contributed by atoms with E-state index >= 15 is 0 Å². The van der Waals surface area contributed by atoms with Crippen LogP contribution in [0.5, 0.6) is 0 Å². The Bertz CT molecular complexity index is 1430. The second kappa shape index (κ2) is 7.38. The van der Waals surface area contributed by atoms with Crippen molar-refractivity contribution in [2.24, 2.45) is 0 Å². The number of fused-ring (bicyclic) bond motifs is 2. The average molecular weight is 440 g/mol. The highest BCUT2D eigenvalue weighted by atomic mass is 32.2. The molecule has 0 bridgehead atoms. The van der Waals surface area contributed by atoms with Crippen molar-refractivity contribution in [2.75, 3.05) is 10.8 Å². The molecular weight excluding hydrogens is 420 g/mol. The van der Waals surface area contributed by atoms with E-state index in [4.69, 9.17) is 8.94 Å². The first-order chi connectivity index (χ1) is 15.0. The molecule has 5 rings (SSSR count). The molecule has 10 heteroatoms. The Balaban J connectivity index is 1.53. The van der Waals surface area contributed by atoms with E-state index in [9.17, 15) is 13.2 Å². The molecule has 0 atom stereocenters. The molecule has 0 saturated carbocycles. The van der Waals surface area contributed by atoms with Gasteiger partial charge in [0.25, 0.3) is 10.0 Å². The summed E-state index contributed by atoms with van der Waals surface area (Å²) in [5.74, 6) is 0.213. The van der Waals surface area contributed by atoms with Crippen molar-refractivity contribution in [3.8, 4) is 0 Å². The van der Waals surface area contributed by atoms with Crippen LogP contribution in [0.3, 0.4) is 0 Å². The summed E-state index contributed by atoms with van der Waals surface area (Å²) >= 11 is 0. The van der Waals surface area contributed by atoms with E-state index < -0.39 is 15.8 Å². The summed E-state index contributed by atoms with van der Waals surface area (Å²) in [7, 11) is -3.81. The molecule has 31 heavy (non-hydrogen) atoms. The molecule has 1 aliphatic heterocycles. The number of aromatic nitrogens is 3. The average Bonchev–Trinajstić information content (AvgIpc) is 3.37. The van der Waals surface area contributed by atoms with Gasteiger partial charge in [0.2, 0.25) is 5.89 Å². The highest BCUT2D eigenvalue weighted by molar-refractivity contribution is 7.92. The Morgan fingerprint density at radius 2 is 2.00 bits per heavy atom. The molecule has 3 heterocycles. The zero-order valence-electron chi connectivity index (χ0n) is 16.8. The first-order valence-corrected chi connectivity index (χ1v) is 11.5. The molecule has 4 aromatic rings. The van der Waals surface area contributed by atoms with Crippen molar-refractivity contribution in [1.29, 1.82) is 0 Å². The lowest BCUT2D eigenvalue weighted by Gasteiger charge is -2.30. The lowest BCUT2D eigenvalue weighted by atomic mass is 10.0. The maximum atomic E-state index is 13.4. The Labute approximate surface area is 178 Å². The number of para-hydroxylation sites is 1. The summed E-state index contributed by atoms with van der Waals surface area (Å²) < 4.78 is 40.0. The molecule has 0 spiro atoms. The largest absolute Gasteiger partial charge is 0.420 e. The molecule has 0 N–H and O–H groups in total. The van der Waals surface area contributed by atoms with Crippen molar-refractivity contribution in [1.82, 2.24) is 14.7 Å². The normalized spacial score (nSPS) is 14.2. The molecule has 2 aromatic carbocycles. The SMILES string of the molecule is CCc1nc(Cn2c(=O)oc3cc(S(=O)(=O)N4CCCc5ccccc54)ccc32)no1. The minimum Gasteiger partial charge on any atom is -0.408 e. The summed E-state index contributed by atoms with van der Waals surface area (Å²) in [6.07, 6.45) is 2.18. The number of anilines is 1. The van der Waals surface area contributed by atoms with E-state index in [2.05, 4.69) is 10.1 Å². The van der Waals surface area contributed by atoms with E-state index in [0.717, 1.165) is 18.4 Å². The molecule has 0 aliphatic carbocycles. The molecule has 0 radical (unpaired) electrons. The number of hydrogen-bond donors (Lipinski definition) is 0. The van der Waals surface area contributed by atoms with Crippen LogP contribution in [0.25, 0.3) is 11.1 Å². The molecule has 1 aliphatic rings. The second-order valence-electron chi connectivity index (χ2n) is 7.35. The fourth-order valence-electron chi connectivity index (χ4n) is 3.87. The Kier molecular flexibility index (Phi) is 4.66. The molecule has 0 unspecified atom stereocenters. The van der Waals surface area contributed by atoms with Crippen LogP contribution in [0.1, 0.15) is 30.6 Å². The number of benzene rings is 2. The van der Waals surface area contributed by atoms with Gasteiger partial charge in [0.1, 0.15) is 0 Å². The third-order valence-electron chi connectivity index (χ3n) is 5.41. The predicted molar refractivity (Wildman–Crippen MR) is 113 cm³/mol. The fraction of sp³-hybridized carbons (Fsp3) is 0.286. The molecule has 0 amide bonds. The van der Waals surface area contributed by atoms with Crippen LogP contribution in [0.4, 0.5) is 5.69 Å². The van der Waals surface area contributed by atoms with E-state index in [1.807, 2.05) is 31.2 Å². The maximum absolute atomic E-state index is 13.4. The molecule has 160 valence electrons. The van der Waals surface area contributed by atoms with Crippen molar-refractivity contribution in [2.45, 2.75) is 37.6 Å². The van der Waals surface area contributed by atoms with E-state index in [1.165, 1.54) is 21.0 Å². The first-order valence-electron chi connectivity index (χ1n) is 10.0. The van der Waals surface area contributed by atoms with Crippen LogP contribution in [0.15, 0.2) is 61.1 Å². The number of rotatable bonds is 5. The quantitative estimate of drug-likeness (QED) is 0.469. The Morgan fingerprint density at radius 1 is 1.16 bits per heavy atom. The third kappa shape index (κ3) is 3.32. The minimum absolute atomic E-state index is 0.0704. The van der Waals surface area contributed by atoms with Crippen molar-refractivity contribution in [3.05, 3.63) is 70.3 Å². The monoisotopic (exact) mass is 440 g/mol. The highest BCUT2D eigenvalue weighted by Gasteiger charge is 2.29. The van der Waals surface area contributed by atoms with Crippen LogP contribution in [0, 0.1) is 0 Å². The summed E-state index contributed by atoms with van der Waals surface area (Å²) in [5.41, 5.74) is 2.35. The van der Waals surface area contributed by atoms with Gasteiger partial charge >= 0.3 is 5.76 Å². The van der Waals surface area contributed by atoms with Crippen molar-refractivity contribution in [3.63, 3.8) is 0 Å². The third-order valence-corrected chi connectivity index (χ3v) is 7.22. The predicted octanol–water partition coefficient (Wildman–Crippen LogP) is 2.73. The molecule has 2 aromatic heterocycles. The first kappa shape index (κ1) is 19.6. The number of hydrogen-bond acceptors (Lipinski definition) is 7. The number of oxazole rings is 1. The van der Waals surface area contributed by atoms with Gasteiger partial charge in [-0.2, -0.15) is 4.98 Å². The smallest absolute Gasteiger partial charge is 0.408 e. The molecule has 0 saturated heterocycles. The van der Waals surface area contributed by atoms with Gasteiger partial charge in [0.05, 0.1) is 22.6 Å².